The van der Waals surface area contributed by atoms with Crippen LogP contribution in [0.25, 0.3) is 0 Å². The summed E-state index contributed by atoms with van der Waals surface area (Å²) in [5.74, 6) is 0.307. The molecule has 0 saturated heterocycles. The van der Waals surface area contributed by atoms with E-state index in [0.29, 0.717) is 35.6 Å². The van der Waals surface area contributed by atoms with Crippen LogP contribution < -0.4 is 15.4 Å². The number of alkyl carbamates (subject to hydrolysis) is 1. The van der Waals surface area contributed by atoms with Crippen molar-refractivity contribution in [1.29, 1.82) is 0 Å². The van der Waals surface area contributed by atoms with Gasteiger partial charge in [-0.05, 0) is 101 Å². The van der Waals surface area contributed by atoms with Crippen LogP contribution in [0.4, 0.5) is 10.5 Å². The number of phenolic OH excluding ortho intramolecular Hbond substituents is 1. The minimum absolute atomic E-state index is 0.0349. The number of rotatable bonds is 12. The molecule has 0 aliphatic heterocycles. The zero-order valence-corrected chi connectivity index (χ0v) is 25.6. The van der Waals surface area contributed by atoms with Crippen LogP contribution in [0.3, 0.4) is 0 Å². The summed E-state index contributed by atoms with van der Waals surface area (Å²) >= 11 is 1.54. The highest BCUT2D eigenvalue weighted by Gasteiger charge is 2.43. The van der Waals surface area contributed by atoms with E-state index in [0.717, 1.165) is 0 Å². The van der Waals surface area contributed by atoms with Crippen molar-refractivity contribution in [2.75, 3.05) is 24.4 Å². The second-order valence-corrected chi connectivity index (χ2v) is 12.1. The lowest BCUT2D eigenvalue weighted by molar-refractivity contribution is -0.147. The van der Waals surface area contributed by atoms with Gasteiger partial charge in [0.25, 0.3) is 5.91 Å². The maximum Gasteiger partial charge on any atom is 0.408 e. The number of aromatic hydroxyl groups is 1. The number of nitrogens with one attached hydrogen (secondary N) is 2. The zero-order valence-electron chi connectivity index (χ0n) is 24.7. The van der Waals surface area contributed by atoms with Gasteiger partial charge < -0.3 is 30.1 Å². The van der Waals surface area contributed by atoms with E-state index < -0.39 is 41.1 Å². The van der Waals surface area contributed by atoms with Crippen molar-refractivity contribution >= 4 is 35.4 Å². The van der Waals surface area contributed by atoms with Crippen molar-refractivity contribution in [2.45, 2.75) is 77.6 Å². The highest BCUT2D eigenvalue weighted by molar-refractivity contribution is 7.98. The van der Waals surface area contributed by atoms with Gasteiger partial charge in [0.1, 0.15) is 29.2 Å². The summed E-state index contributed by atoms with van der Waals surface area (Å²) in [5, 5.41) is 16.0. The predicted molar refractivity (Wildman–Crippen MR) is 160 cm³/mol. The van der Waals surface area contributed by atoms with Crippen LogP contribution in [0.1, 0.15) is 66.0 Å². The third-order valence-electron chi connectivity index (χ3n) is 6.40. The van der Waals surface area contributed by atoms with Gasteiger partial charge in [-0.1, -0.05) is 19.1 Å². The van der Waals surface area contributed by atoms with Gasteiger partial charge in [0.2, 0.25) is 5.91 Å². The predicted octanol–water partition coefficient (Wildman–Crippen LogP) is 5.74. The highest BCUT2D eigenvalue weighted by atomic mass is 32.2. The Morgan fingerprint density at radius 2 is 1.70 bits per heavy atom. The Morgan fingerprint density at radius 3 is 2.23 bits per heavy atom. The molecule has 220 valence electrons. The molecule has 0 spiro atoms. The third kappa shape index (κ3) is 9.36. The minimum atomic E-state index is -1.12. The van der Waals surface area contributed by atoms with Gasteiger partial charge in [-0.25, -0.2) is 4.79 Å². The fraction of sp³-hybridized carbons (Fsp3) is 0.500. The number of carbonyl (C=O) groups is 3. The van der Waals surface area contributed by atoms with Crippen LogP contribution in [0.5, 0.6) is 11.5 Å². The molecular weight excluding hydrogens is 530 g/mol. The van der Waals surface area contributed by atoms with Crippen molar-refractivity contribution in [2.24, 2.45) is 0 Å². The van der Waals surface area contributed by atoms with Gasteiger partial charge in [0, 0.05) is 11.2 Å². The molecule has 40 heavy (non-hydrogen) atoms. The van der Waals surface area contributed by atoms with Crippen molar-refractivity contribution in [1.82, 2.24) is 10.2 Å². The Bertz CT molecular complexity index is 1150. The number of methoxy groups -OCH3 is 1. The van der Waals surface area contributed by atoms with Crippen LogP contribution >= 0.6 is 11.8 Å². The average Bonchev–Trinajstić information content (AvgIpc) is 2.88. The Kier molecular flexibility index (Phi) is 11.7. The second kappa shape index (κ2) is 14.3. The average molecular weight is 574 g/mol. The maximum absolute atomic E-state index is 14.4. The molecular formula is C30H43N3O6S. The van der Waals surface area contributed by atoms with Crippen LogP contribution in [-0.2, 0) is 14.3 Å². The Hall–Kier alpha value is -3.40. The lowest BCUT2D eigenvalue weighted by Crippen LogP contribution is -2.59. The molecule has 3 N–H and O–H groups in total. The molecule has 9 nitrogen and oxygen atoms in total. The molecule has 0 aromatic heterocycles. The standard InChI is InChI=1S/C30H43N3O6S/c1-9-30(5,6)33(27(36)24(17-18-40-8)32-28(37)39-29(2,3)4)25(20-11-10-12-22(34)19-20)26(35)31-21-13-15-23(38-7)16-14-21/h10-16,19,24-25,34H,9,17-18H2,1-8H3,(H,31,35)(H,32,37). The number of hydrogen-bond donors (Lipinski definition) is 3. The summed E-state index contributed by atoms with van der Waals surface area (Å²) in [4.78, 5) is 42.7. The molecule has 0 heterocycles. The van der Waals surface area contributed by atoms with Crippen LogP contribution in [0, 0.1) is 0 Å². The van der Waals surface area contributed by atoms with E-state index in [-0.39, 0.29) is 5.75 Å². The van der Waals surface area contributed by atoms with Crippen molar-refractivity contribution < 1.29 is 29.0 Å². The van der Waals surface area contributed by atoms with Gasteiger partial charge in [-0.15, -0.1) is 0 Å². The molecule has 3 amide bonds. The Labute approximate surface area is 242 Å². The number of nitrogens with zero attached hydrogens (tertiary/aromatic N) is 1. The molecule has 2 atom stereocenters. The molecule has 0 fully saturated rings. The molecule has 2 rings (SSSR count). The zero-order chi connectivity index (χ0) is 30.1. The van der Waals surface area contributed by atoms with E-state index in [1.165, 1.54) is 17.0 Å². The molecule has 2 aromatic carbocycles. The molecule has 10 heteroatoms. The number of hydrogen-bond acceptors (Lipinski definition) is 7. The van der Waals surface area contributed by atoms with Gasteiger partial charge in [0.15, 0.2) is 0 Å². The van der Waals surface area contributed by atoms with Crippen molar-refractivity contribution in [3.05, 3.63) is 54.1 Å². The normalized spacial score (nSPS) is 13.1. The number of thioether (sulfide) groups is 1. The maximum atomic E-state index is 14.4. The molecule has 2 unspecified atom stereocenters. The first-order valence-electron chi connectivity index (χ1n) is 13.3. The number of ether oxygens (including phenoxy) is 2. The smallest absolute Gasteiger partial charge is 0.408 e. The van der Waals surface area contributed by atoms with Crippen LogP contribution in [0.2, 0.25) is 0 Å². The molecule has 0 bridgehead atoms. The fourth-order valence-corrected chi connectivity index (χ4v) is 4.53. The van der Waals surface area contributed by atoms with E-state index in [4.69, 9.17) is 9.47 Å². The number of amides is 3. The summed E-state index contributed by atoms with van der Waals surface area (Å²) in [7, 11) is 1.56. The lowest BCUT2D eigenvalue weighted by atomic mass is 9.91. The SMILES string of the molecule is CCC(C)(C)N(C(=O)C(CCSC)NC(=O)OC(C)(C)C)C(C(=O)Nc1ccc(OC)cc1)c1cccc(O)c1. The second-order valence-electron chi connectivity index (χ2n) is 11.1. The Balaban J connectivity index is 2.60. The summed E-state index contributed by atoms with van der Waals surface area (Å²) in [6.45, 7) is 10.9. The largest absolute Gasteiger partial charge is 0.508 e. The third-order valence-corrected chi connectivity index (χ3v) is 7.05. The highest BCUT2D eigenvalue weighted by Crippen LogP contribution is 2.34. The molecule has 2 aromatic rings. The number of carbonyl (C=O) groups excluding carboxylic acids is 3. The minimum Gasteiger partial charge on any atom is -0.508 e. The molecule has 0 aliphatic carbocycles. The Morgan fingerprint density at radius 1 is 1.05 bits per heavy atom. The summed E-state index contributed by atoms with van der Waals surface area (Å²) in [6.07, 6.45) is 2.06. The van der Waals surface area contributed by atoms with Gasteiger partial charge in [-0.3, -0.25) is 9.59 Å². The fourth-order valence-electron chi connectivity index (χ4n) is 4.05. The van der Waals surface area contributed by atoms with E-state index >= 15 is 0 Å². The molecule has 0 aliphatic rings. The first kappa shape index (κ1) is 32.8. The number of anilines is 1. The van der Waals surface area contributed by atoms with E-state index in [2.05, 4.69) is 10.6 Å². The van der Waals surface area contributed by atoms with Crippen LogP contribution in [-0.4, -0.2) is 64.2 Å². The van der Waals surface area contributed by atoms with Gasteiger partial charge >= 0.3 is 6.09 Å². The summed E-state index contributed by atoms with van der Waals surface area (Å²) in [6, 6.07) is 11.1. The summed E-state index contributed by atoms with van der Waals surface area (Å²) in [5.41, 5.74) is -0.607. The first-order chi connectivity index (χ1) is 18.7. The molecule has 0 saturated carbocycles. The lowest BCUT2D eigenvalue weighted by Gasteiger charge is -2.44. The topological polar surface area (TPSA) is 117 Å². The van der Waals surface area contributed by atoms with E-state index in [1.807, 2.05) is 27.0 Å². The first-order valence-corrected chi connectivity index (χ1v) is 14.7. The van der Waals surface area contributed by atoms with Gasteiger partial charge in [-0.2, -0.15) is 11.8 Å². The van der Waals surface area contributed by atoms with Crippen LogP contribution in [0.15, 0.2) is 48.5 Å². The van der Waals surface area contributed by atoms with Crippen molar-refractivity contribution in [3.63, 3.8) is 0 Å². The number of phenols is 1. The van der Waals surface area contributed by atoms with E-state index in [9.17, 15) is 19.5 Å². The monoisotopic (exact) mass is 573 g/mol. The number of benzene rings is 2. The van der Waals surface area contributed by atoms with E-state index in [1.54, 1.807) is 76.0 Å². The summed E-state index contributed by atoms with van der Waals surface area (Å²) < 4.78 is 10.7. The molecule has 0 radical (unpaired) electrons. The quantitative estimate of drug-likeness (QED) is 0.296. The van der Waals surface area contributed by atoms with Crippen molar-refractivity contribution in [3.8, 4) is 11.5 Å². The van der Waals surface area contributed by atoms with Gasteiger partial charge in [0.05, 0.1) is 7.11 Å².